The van der Waals surface area contributed by atoms with Crippen LogP contribution < -0.4 is 5.73 Å². The topological polar surface area (TPSA) is 66.6 Å². The summed E-state index contributed by atoms with van der Waals surface area (Å²) in [7, 11) is 0. The molecule has 1 amide bonds. The predicted molar refractivity (Wildman–Crippen MR) is 85.1 cm³/mol. The normalized spacial score (nSPS) is 21.5. The molecule has 2 aromatic carbocycles. The molecule has 5 heteroatoms. The van der Waals surface area contributed by atoms with Crippen molar-refractivity contribution in [2.45, 2.75) is 25.1 Å². The molecule has 2 unspecified atom stereocenters. The van der Waals surface area contributed by atoms with E-state index >= 15 is 0 Å². The zero-order valence-electron chi connectivity index (χ0n) is 12.7. The fourth-order valence-electron chi connectivity index (χ4n) is 3.17. The van der Waals surface area contributed by atoms with Crippen LogP contribution in [-0.2, 0) is 6.54 Å². The van der Waals surface area contributed by atoms with E-state index in [0.29, 0.717) is 25.1 Å². The molecule has 2 aromatic rings. The van der Waals surface area contributed by atoms with Gasteiger partial charge in [0.1, 0.15) is 5.82 Å². The van der Waals surface area contributed by atoms with Crippen molar-refractivity contribution in [1.82, 2.24) is 4.90 Å². The monoisotopic (exact) mass is 314 g/mol. The molecule has 2 atom stereocenters. The second-order valence-corrected chi connectivity index (χ2v) is 5.95. The minimum atomic E-state index is -0.463. The van der Waals surface area contributed by atoms with Crippen molar-refractivity contribution < 1.29 is 14.3 Å². The number of hydrogen-bond acceptors (Lipinski definition) is 3. The summed E-state index contributed by atoms with van der Waals surface area (Å²) in [6.07, 6.45) is 0.126. The molecule has 0 aromatic heterocycles. The van der Waals surface area contributed by atoms with Gasteiger partial charge in [0.15, 0.2) is 0 Å². The Kier molecular flexibility index (Phi) is 4.41. The lowest BCUT2D eigenvalue weighted by molar-refractivity contribution is 0.1000. The fraction of sp³-hybridized carbons (Fsp3) is 0.278. The maximum absolute atomic E-state index is 13.5. The van der Waals surface area contributed by atoms with Gasteiger partial charge in [0.25, 0.3) is 0 Å². The standard InChI is InChI=1S/C18H19FN2O2/c19-15-6-2-4-13(8-15)17-9-16(22)11-21(17)10-12-3-1-5-14(7-12)18(20)23/h1-8,16-17,22H,9-11H2,(H2,20,23). The van der Waals surface area contributed by atoms with Crippen LogP contribution in [0.4, 0.5) is 4.39 Å². The number of carbonyl (C=O) groups excluding carboxylic acids is 1. The first-order valence-electron chi connectivity index (χ1n) is 7.59. The van der Waals surface area contributed by atoms with Crippen LogP contribution in [0.5, 0.6) is 0 Å². The summed E-state index contributed by atoms with van der Waals surface area (Å²) in [6.45, 7) is 1.08. The molecule has 4 nitrogen and oxygen atoms in total. The Bertz CT molecular complexity index is 720. The van der Waals surface area contributed by atoms with Gasteiger partial charge < -0.3 is 10.8 Å². The van der Waals surface area contributed by atoms with E-state index in [-0.39, 0.29) is 11.9 Å². The molecule has 0 radical (unpaired) electrons. The Morgan fingerprint density at radius 2 is 2.04 bits per heavy atom. The first-order chi connectivity index (χ1) is 11.0. The van der Waals surface area contributed by atoms with E-state index in [0.717, 1.165) is 11.1 Å². The number of nitrogens with two attached hydrogens (primary N) is 1. The number of amides is 1. The van der Waals surface area contributed by atoms with E-state index in [9.17, 15) is 14.3 Å². The van der Waals surface area contributed by atoms with Crippen molar-refractivity contribution in [1.29, 1.82) is 0 Å². The average Bonchev–Trinajstić information content (AvgIpc) is 2.88. The zero-order chi connectivity index (χ0) is 16.4. The highest BCUT2D eigenvalue weighted by atomic mass is 19.1. The maximum Gasteiger partial charge on any atom is 0.248 e. The lowest BCUT2D eigenvalue weighted by Crippen LogP contribution is -2.24. The minimum absolute atomic E-state index is 0.0436. The number of likely N-dealkylation sites (tertiary alicyclic amines) is 1. The Morgan fingerprint density at radius 1 is 1.26 bits per heavy atom. The summed E-state index contributed by atoms with van der Waals surface area (Å²) in [5.41, 5.74) is 7.57. The number of aliphatic hydroxyl groups is 1. The molecular weight excluding hydrogens is 295 g/mol. The Labute approximate surface area is 134 Å². The fourth-order valence-corrected chi connectivity index (χ4v) is 3.17. The molecule has 1 aliphatic heterocycles. The van der Waals surface area contributed by atoms with Crippen molar-refractivity contribution in [2.24, 2.45) is 5.73 Å². The highest BCUT2D eigenvalue weighted by Gasteiger charge is 2.32. The molecule has 0 aliphatic carbocycles. The van der Waals surface area contributed by atoms with Crippen molar-refractivity contribution in [2.75, 3.05) is 6.54 Å². The van der Waals surface area contributed by atoms with Crippen molar-refractivity contribution >= 4 is 5.91 Å². The van der Waals surface area contributed by atoms with Gasteiger partial charge in [-0.05, 0) is 41.8 Å². The molecule has 23 heavy (non-hydrogen) atoms. The third-order valence-electron chi connectivity index (χ3n) is 4.21. The van der Waals surface area contributed by atoms with E-state index in [1.165, 1.54) is 12.1 Å². The lowest BCUT2D eigenvalue weighted by Gasteiger charge is -2.24. The Hall–Kier alpha value is -2.24. The highest BCUT2D eigenvalue weighted by molar-refractivity contribution is 5.92. The van der Waals surface area contributed by atoms with Crippen LogP contribution in [-0.4, -0.2) is 28.6 Å². The van der Waals surface area contributed by atoms with Crippen LogP contribution in [0.15, 0.2) is 48.5 Å². The number of aliphatic hydroxyl groups excluding tert-OH is 1. The van der Waals surface area contributed by atoms with Gasteiger partial charge >= 0.3 is 0 Å². The maximum atomic E-state index is 13.5. The SMILES string of the molecule is NC(=O)c1cccc(CN2CC(O)CC2c2cccc(F)c2)c1. The third kappa shape index (κ3) is 3.57. The van der Waals surface area contributed by atoms with Gasteiger partial charge in [0, 0.05) is 24.7 Å². The Balaban J connectivity index is 1.83. The smallest absolute Gasteiger partial charge is 0.248 e. The molecule has 0 spiro atoms. The van der Waals surface area contributed by atoms with E-state index in [2.05, 4.69) is 4.90 Å². The molecule has 1 aliphatic rings. The van der Waals surface area contributed by atoms with Gasteiger partial charge in [0.05, 0.1) is 6.10 Å². The molecule has 3 N–H and O–H groups in total. The first-order valence-corrected chi connectivity index (χ1v) is 7.59. The average molecular weight is 314 g/mol. The number of nitrogens with zero attached hydrogens (tertiary/aromatic N) is 1. The number of β-amino-alcohol motifs (C(OH)–C–C–N with tert-alkyl or cyclic N) is 1. The minimum Gasteiger partial charge on any atom is -0.392 e. The van der Waals surface area contributed by atoms with Crippen LogP contribution in [0, 0.1) is 5.82 Å². The summed E-state index contributed by atoms with van der Waals surface area (Å²) in [6, 6.07) is 13.6. The van der Waals surface area contributed by atoms with Crippen molar-refractivity contribution in [3.05, 3.63) is 71.0 Å². The largest absolute Gasteiger partial charge is 0.392 e. The quantitative estimate of drug-likeness (QED) is 0.909. The van der Waals surface area contributed by atoms with Crippen LogP contribution >= 0.6 is 0 Å². The van der Waals surface area contributed by atoms with Crippen molar-refractivity contribution in [3.8, 4) is 0 Å². The van der Waals surface area contributed by atoms with Gasteiger partial charge in [-0.1, -0.05) is 24.3 Å². The molecular formula is C18H19FN2O2. The number of halogens is 1. The second kappa shape index (κ2) is 6.48. The van der Waals surface area contributed by atoms with E-state index in [1.54, 1.807) is 24.3 Å². The second-order valence-electron chi connectivity index (χ2n) is 5.95. The van der Waals surface area contributed by atoms with Gasteiger partial charge in [-0.15, -0.1) is 0 Å². The summed E-state index contributed by atoms with van der Waals surface area (Å²) in [5, 5.41) is 10.0. The van der Waals surface area contributed by atoms with E-state index in [1.807, 2.05) is 12.1 Å². The molecule has 1 heterocycles. The van der Waals surface area contributed by atoms with Gasteiger partial charge in [-0.3, -0.25) is 9.69 Å². The lowest BCUT2D eigenvalue weighted by atomic mass is 10.0. The number of carbonyl (C=O) groups is 1. The number of benzene rings is 2. The van der Waals surface area contributed by atoms with Crippen LogP contribution in [0.1, 0.15) is 33.9 Å². The molecule has 0 saturated carbocycles. The number of hydrogen-bond donors (Lipinski definition) is 2. The number of rotatable bonds is 4. The summed E-state index contributed by atoms with van der Waals surface area (Å²) in [4.78, 5) is 13.4. The third-order valence-corrected chi connectivity index (χ3v) is 4.21. The van der Waals surface area contributed by atoms with Crippen LogP contribution in [0.3, 0.4) is 0 Å². The molecule has 1 fully saturated rings. The molecule has 1 saturated heterocycles. The predicted octanol–water partition coefficient (Wildman–Crippen LogP) is 2.23. The van der Waals surface area contributed by atoms with E-state index < -0.39 is 12.0 Å². The van der Waals surface area contributed by atoms with Crippen molar-refractivity contribution in [3.63, 3.8) is 0 Å². The molecule has 0 bridgehead atoms. The van der Waals surface area contributed by atoms with E-state index in [4.69, 9.17) is 5.73 Å². The number of primary amides is 1. The molecule has 120 valence electrons. The van der Waals surface area contributed by atoms with Gasteiger partial charge in [-0.2, -0.15) is 0 Å². The summed E-state index contributed by atoms with van der Waals surface area (Å²) < 4.78 is 13.5. The van der Waals surface area contributed by atoms with Crippen LogP contribution in [0.25, 0.3) is 0 Å². The zero-order valence-corrected chi connectivity index (χ0v) is 12.7. The van der Waals surface area contributed by atoms with Gasteiger partial charge in [-0.25, -0.2) is 4.39 Å². The van der Waals surface area contributed by atoms with Gasteiger partial charge in [0.2, 0.25) is 5.91 Å². The summed E-state index contributed by atoms with van der Waals surface area (Å²) >= 11 is 0. The van der Waals surface area contributed by atoms with Crippen LogP contribution in [0.2, 0.25) is 0 Å². The highest BCUT2D eigenvalue weighted by Crippen LogP contribution is 2.33. The molecule has 3 rings (SSSR count). The first kappa shape index (κ1) is 15.6. The summed E-state index contributed by atoms with van der Waals surface area (Å²) in [5.74, 6) is -0.741. The Morgan fingerprint density at radius 3 is 2.78 bits per heavy atom.